The molecule has 1 aromatic rings. The molecule has 0 aliphatic carbocycles. The predicted octanol–water partition coefficient (Wildman–Crippen LogP) is 2.41. The van der Waals surface area contributed by atoms with E-state index in [1.165, 1.54) is 5.56 Å². The average Bonchev–Trinajstić information content (AvgIpc) is 2.32. The molecule has 1 N–H and O–H groups in total. The van der Waals surface area contributed by atoms with Crippen molar-refractivity contribution in [3.05, 3.63) is 35.9 Å². The molecule has 1 aromatic carbocycles. The van der Waals surface area contributed by atoms with Gasteiger partial charge in [0, 0.05) is 13.1 Å². The molecule has 1 aliphatic rings. The molecule has 3 nitrogen and oxygen atoms in total. The van der Waals surface area contributed by atoms with E-state index in [2.05, 4.69) is 31.3 Å². The Morgan fingerprint density at radius 3 is 2.75 bits per heavy atom. The molecular weight excluding hydrogens is 200 g/mol. The van der Waals surface area contributed by atoms with Gasteiger partial charge in [0.1, 0.15) is 0 Å². The summed E-state index contributed by atoms with van der Waals surface area (Å²) in [4.78, 5) is 13.7. The molecule has 1 saturated heterocycles. The first-order valence-corrected chi connectivity index (χ1v) is 5.78. The minimum absolute atomic E-state index is 0.0504. The van der Waals surface area contributed by atoms with Crippen LogP contribution in [0.3, 0.4) is 0 Å². The summed E-state index contributed by atoms with van der Waals surface area (Å²) in [7, 11) is 0. The van der Waals surface area contributed by atoms with Gasteiger partial charge in [0.25, 0.3) is 0 Å². The second-order valence-corrected chi connectivity index (χ2v) is 4.53. The van der Waals surface area contributed by atoms with Crippen molar-refractivity contribution in [2.45, 2.75) is 19.9 Å². The minimum Gasteiger partial charge on any atom is -0.338 e. The van der Waals surface area contributed by atoms with E-state index in [4.69, 9.17) is 0 Å². The van der Waals surface area contributed by atoms with Crippen LogP contribution in [0.25, 0.3) is 0 Å². The summed E-state index contributed by atoms with van der Waals surface area (Å²) >= 11 is 0. The maximum atomic E-state index is 11.8. The number of hydrogen-bond donors (Lipinski definition) is 1. The smallest absolute Gasteiger partial charge is 0.317 e. The lowest BCUT2D eigenvalue weighted by molar-refractivity contribution is 0.149. The highest BCUT2D eigenvalue weighted by atomic mass is 16.2. The number of nitrogens with zero attached hydrogens (tertiary/aromatic N) is 1. The SMILES string of the molecule is C[C@@H]1CNC(=O)N([C@H](C)c2ccccc2)C1. The van der Waals surface area contributed by atoms with Crippen molar-refractivity contribution in [2.24, 2.45) is 5.92 Å². The fourth-order valence-electron chi connectivity index (χ4n) is 2.09. The quantitative estimate of drug-likeness (QED) is 0.812. The summed E-state index contributed by atoms with van der Waals surface area (Å²) in [5.41, 5.74) is 1.19. The lowest BCUT2D eigenvalue weighted by atomic mass is 10.0. The molecule has 1 fully saturated rings. The van der Waals surface area contributed by atoms with Gasteiger partial charge in [-0.25, -0.2) is 4.79 Å². The lowest BCUT2D eigenvalue weighted by Crippen LogP contribution is -2.51. The van der Waals surface area contributed by atoms with Gasteiger partial charge in [-0.2, -0.15) is 0 Å². The monoisotopic (exact) mass is 218 g/mol. The third-order valence-corrected chi connectivity index (χ3v) is 3.12. The van der Waals surface area contributed by atoms with Gasteiger partial charge in [-0.15, -0.1) is 0 Å². The third-order valence-electron chi connectivity index (χ3n) is 3.12. The Hall–Kier alpha value is -1.51. The highest BCUT2D eigenvalue weighted by Gasteiger charge is 2.27. The Labute approximate surface area is 96.5 Å². The van der Waals surface area contributed by atoms with Crippen LogP contribution in [0.5, 0.6) is 0 Å². The maximum Gasteiger partial charge on any atom is 0.317 e. The summed E-state index contributed by atoms with van der Waals surface area (Å²) in [6, 6.07) is 10.3. The zero-order chi connectivity index (χ0) is 11.5. The topological polar surface area (TPSA) is 32.3 Å². The van der Waals surface area contributed by atoms with Crippen LogP contribution in [0.4, 0.5) is 4.79 Å². The van der Waals surface area contributed by atoms with E-state index in [-0.39, 0.29) is 12.1 Å². The number of carbonyl (C=O) groups excluding carboxylic acids is 1. The molecular formula is C13H18N2O. The Morgan fingerprint density at radius 1 is 1.38 bits per heavy atom. The van der Waals surface area contributed by atoms with Crippen molar-refractivity contribution in [3.8, 4) is 0 Å². The molecule has 0 bridgehead atoms. The van der Waals surface area contributed by atoms with Gasteiger partial charge >= 0.3 is 6.03 Å². The van der Waals surface area contributed by atoms with Crippen molar-refractivity contribution in [3.63, 3.8) is 0 Å². The molecule has 2 amide bonds. The molecule has 1 aliphatic heterocycles. The molecule has 0 spiro atoms. The molecule has 86 valence electrons. The zero-order valence-electron chi connectivity index (χ0n) is 9.81. The van der Waals surface area contributed by atoms with Crippen molar-refractivity contribution in [1.29, 1.82) is 0 Å². The van der Waals surface area contributed by atoms with E-state index in [0.29, 0.717) is 5.92 Å². The molecule has 16 heavy (non-hydrogen) atoms. The molecule has 0 aromatic heterocycles. The van der Waals surface area contributed by atoms with Crippen molar-refractivity contribution in [2.75, 3.05) is 13.1 Å². The van der Waals surface area contributed by atoms with Gasteiger partial charge in [-0.1, -0.05) is 37.3 Å². The van der Waals surface area contributed by atoms with Gasteiger partial charge in [0.2, 0.25) is 0 Å². The van der Waals surface area contributed by atoms with Gasteiger partial charge in [-0.05, 0) is 18.4 Å². The first kappa shape index (κ1) is 11.0. The Kier molecular flexibility index (Phi) is 3.13. The molecule has 2 rings (SSSR count). The Bertz CT molecular complexity index is 363. The number of hydrogen-bond acceptors (Lipinski definition) is 1. The first-order valence-electron chi connectivity index (χ1n) is 5.78. The van der Waals surface area contributed by atoms with Crippen LogP contribution in [0.2, 0.25) is 0 Å². The highest BCUT2D eigenvalue weighted by Crippen LogP contribution is 2.22. The normalized spacial score (nSPS) is 22.8. The van der Waals surface area contributed by atoms with E-state index >= 15 is 0 Å². The lowest BCUT2D eigenvalue weighted by Gasteiger charge is -2.36. The fourth-order valence-corrected chi connectivity index (χ4v) is 2.09. The number of urea groups is 1. The van der Waals surface area contributed by atoms with Gasteiger partial charge in [0.15, 0.2) is 0 Å². The Morgan fingerprint density at radius 2 is 2.06 bits per heavy atom. The minimum atomic E-state index is 0.0504. The number of nitrogens with one attached hydrogen (secondary N) is 1. The maximum absolute atomic E-state index is 11.8. The Balaban J connectivity index is 2.14. The van der Waals surface area contributed by atoms with Crippen LogP contribution in [0.15, 0.2) is 30.3 Å². The van der Waals surface area contributed by atoms with Crippen molar-refractivity contribution >= 4 is 6.03 Å². The van der Waals surface area contributed by atoms with Crippen LogP contribution in [0, 0.1) is 5.92 Å². The first-order chi connectivity index (χ1) is 7.68. The predicted molar refractivity (Wildman–Crippen MR) is 64.1 cm³/mol. The second-order valence-electron chi connectivity index (χ2n) is 4.53. The van der Waals surface area contributed by atoms with E-state index in [0.717, 1.165) is 13.1 Å². The average molecular weight is 218 g/mol. The number of amides is 2. The molecule has 0 radical (unpaired) electrons. The molecule has 2 atom stereocenters. The second kappa shape index (κ2) is 4.56. The van der Waals surface area contributed by atoms with Crippen LogP contribution in [-0.2, 0) is 0 Å². The molecule has 0 saturated carbocycles. The molecule has 3 heteroatoms. The summed E-state index contributed by atoms with van der Waals surface area (Å²) in [5.74, 6) is 0.517. The van der Waals surface area contributed by atoms with Crippen molar-refractivity contribution in [1.82, 2.24) is 10.2 Å². The number of carbonyl (C=O) groups is 1. The van der Waals surface area contributed by atoms with Gasteiger partial charge in [0.05, 0.1) is 6.04 Å². The molecule has 0 unspecified atom stereocenters. The standard InChI is InChI=1S/C13H18N2O/c1-10-8-14-13(16)15(9-10)11(2)12-6-4-3-5-7-12/h3-7,10-11H,8-9H2,1-2H3,(H,14,16)/t10-,11-/m1/s1. The van der Waals surface area contributed by atoms with Crippen LogP contribution >= 0.6 is 0 Å². The highest BCUT2D eigenvalue weighted by molar-refractivity contribution is 5.75. The van der Waals surface area contributed by atoms with E-state index in [1.54, 1.807) is 0 Å². The van der Waals surface area contributed by atoms with Crippen LogP contribution < -0.4 is 5.32 Å². The third kappa shape index (κ3) is 2.18. The van der Waals surface area contributed by atoms with Gasteiger partial charge in [-0.3, -0.25) is 0 Å². The zero-order valence-corrected chi connectivity index (χ0v) is 9.81. The fraction of sp³-hybridized carbons (Fsp3) is 0.462. The van der Waals surface area contributed by atoms with E-state index in [1.807, 2.05) is 23.1 Å². The summed E-state index contributed by atoms with van der Waals surface area (Å²) in [5, 5.41) is 2.92. The largest absolute Gasteiger partial charge is 0.338 e. The van der Waals surface area contributed by atoms with Crippen LogP contribution in [-0.4, -0.2) is 24.0 Å². The van der Waals surface area contributed by atoms with Crippen molar-refractivity contribution < 1.29 is 4.79 Å². The van der Waals surface area contributed by atoms with Gasteiger partial charge < -0.3 is 10.2 Å². The number of benzene rings is 1. The summed E-state index contributed by atoms with van der Waals surface area (Å²) in [6.07, 6.45) is 0. The molecule has 1 heterocycles. The van der Waals surface area contributed by atoms with E-state index in [9.17, 15) is 4.79 Å². The summed E-state index contributed by atoms with van der Waals surface area (Å²) < 4.78 is 0. The van der Waals surface area contributed by atoms with E-state index < -0.39 is 0 Å². The number of rotatable bonds is 2. The van der Waals surface area contributed by atoms with Crippen LogP contribution in [0.1, 0.15) is 25.5 Å². The summed E-state index contributed by atoms with van der Waals surface area (Å²) in [6.45, 7) is 5.86.